The molecule has 0 spiro atoms. The summed E-state index contributed by atoms with van der Waals surface area (Å²) in [4.78, 5) is 0. The van der Waals surface area contributed by atoms with Crippen molar-refractivity contribution >= 4 is 48.9 Å². The van der Waals surface area contributed by atoms with Crippen LogP contribution in [0.15, 0.2) is 127 Å². The van der Waals surface area contributed by atoms with Crippen molar-refractivity contribution in [1.82, 2.24) is 4.57 Å². The first-order valence-corrected chi connectivity index (χ1v) is 15.1. The number of fused-ring (bicyclic) bond motifs is 8. The van der Waals surface area contributed by atoms with E-state index in [1.54, 1.807) is 0 Å². The van der Waals surface area contributed by atoms with E-state index in [2.05, 4.69) is 146 Å². The summed E-state index contributed by atoms with van der Waals surface area (Å²) in [6.45, 7) is 4.77. The second kappa shape index (κ2) is 8.57. The van der Waals surface area contributed by atoms with Crippen LogP contribution in [-0.2, 0) is 5.41 Å². The van der Waals surface area contributed by atoms with E-state index in [9.17, 15) is 0 Å². The molecule has 1 aromatic heterocycles. The van der Waals surface area contributed by atoms with Crippen LogP contribution in [-0.4, -0.2) is 4.57 Å². The molecule has 2 aliphatic rings. The van der Waals surface area contributed by atoms with Crippen molar-refractivity contribution in [1.29, 1.82) is 0 Å². The zero-order valence-corrected chi connectivity index (χ0v) is 24.0. The van der Waals surface area contributed by atoms with E-state index >= 15 is 0 Å². The summed E-state index contributed by atoms with van der Waals surface area (Å²) in [5, 5.41) is 8.00. The third-order valence-electron chi connectivity index (χ3n) is 9.83. The molecule has 0 fully saturated rings. The number of hydrogen-bond donors (Lipinski definition) is 0. The quantitative estimate of drug-likeness (QED) is 0.207. The lowest BCUT2D eigenvalue weighted by atomic mass is 9.68. The summed E-state index contributed by atoms with van der Waals surface area (Å²) in [7, 11) is 0. The predicted molar refractivity (Wildman–Crippen MR) is 180 cm³/mol. The normalized spacial score (nSPS) is 15.4. The van der Waals surface area contributed by atoms with Crippen molar-refractivity contribution < 1.29 is 0 Å². The van der Waals surface area contributed by atoms with Crippen molar-refractivity contribution in [2.75, 3.05) is 0 Å². The molecule has 2 aliphatic carbocycles. The van der Waals surface area contributed by atoms with Crippen molar-refractivity contribution in [3.8, 4) is 16.8 Å². The molecule has 0 unspecified atom stereocenters. The molecule has 0 radical (unpaired) electrons. The van der Waals surface area contributed by atoms with Gasteiger partial charge >= 0.3 is 0 Å². The van der Waals surface area contributed by atoms with Gasteiger partial charge in [0.15, 0.2) is 0 Å². The lowest BCUT2D eigenvalue weighted by Crippen LogP contribution is -2.23. The second-order valence-corrected chi connectivity index (χ2v) is 12.4. The number of nitrogens with zero attached hydrogens (tertiary/aromatic N) is 1. The van der Waals surface area contributed by atoms with Crippen molar-refractivity contribution in [2.24, 2.45) is 0 Å². The maximum absolute atomic E-state index is 2.55. The first-order chi connectivity index (χ1) is 20.6. The topological polar surface area (TPSA) is 4.93 Å². The molecule has 200 valence electrons. The molecule has 0 saturated carbocycles. The minimum absolute atomic E-state index is 0.0786. The van der Waals surface area contributed by atoms with Gasteiger partial charge in [0, 0.05) is 27.3 Å². The van der Waals surface area contributed by atoms with Crippen LogP contribution in [0.4, 0.5) is 0 Å². The lowest BCUT2D eigenvalue weighted by Gasteiger charge is -2.35. The van der Waals surface area contributed by atoms with E-state index in [1.165, 1.54) is 82.4 Å². The highest BCUT2D eigenvalue weighted by Gasteiger charge is 2.35. The van der Waals surface area contributed by atoms with Crippen molar-refractivity contribution in [2.45, 2.75) is 32.1 Å². The standard InChI is InChI=1S/C41H31N/c1-41(2)32-20-10-8-19-31(32)39-37-28(16-12-21-33(37)41)25-36-40(39)38-30-18-7-6-15-27(30)23-24-35(38)42(36)34-22-11-9-17-29(34)26-13-4-3-5-14-26/h3-4,6-13,15-25H,5,14H2,1-2H3. The molecule has 0 atom stereocenters. The Hall–Kier alpha value is -4.88. The molecule has 7 aromatic rings. The van der Waals surface area contributed by atoms with Crippen LogP contribution in [0.5, 0.6) is 0 Å². The van der Waals surface area contributed by atoms with Crippen LogP contribution in [0.25, 0.3) is 65.7 Å². The highest BCUT2D eigenvalue weighted by Crippen LogP contribution is 2.53. The number of aromatic nitrogens is 1. The van der Waals surface area contributed by atoms with Crippen LogP contribution < -0.4 is 0 Å². The zero-order chi connectivity index (χ0) is 28.0. The minimum atomic E-state index is -0.0786. The lowest BCUT2D eigenvalue weighted by molar-refractivity contribution is 0.645. The highest BCUT2D eigenvalue weighted by molar-refractivity contribution is 6.30. The molecule has 1 nitrogen and oxygen atoms in total. The van der Waals surface area contributed by atoms with Crippen LogP contribution in [0, 0.1) is 0 Å². The van der Waals surface area contributed by atoms with E-state index < -0.39 is 0 Å². The number of hydrogen-bond acceptors (Lipinski definition) is 0. The van der Waals surface area contributed by atoms with Gasteiger partial charge in [-0.15, -0.1) is 0 Å². The maximum Gasteiger partial charge on any atom is 0.0554 e. The van der Waals surface area contributed by atoms with E-state index in [-0.39, 0.29) is 5.41 Å². The average molecular weight is 538 g/mol. The Labute approximate surface area is 246 Å². The molecule has 6 aromatic carbocycles. The van der Waals surface area contributed by atoms with Gasteiger partial charge in [-0.05, 0) is 74.8 Å². The summed E-state index contributed by atoms with van der Waals surface area (Å²) in [6, 6.07) is 41.0. The first kappa shape index (κ1) is 23.8. The average Bonchev–Trinajstić information content (AvgIpc) is 3.37. The summed E-state index contributed by atoms with van der Waals surface area (Å²) in [5.41, 5.74) is 12.0. The fraction of sp³-hybridized carbons (Fsp3) is 0.122. The molecule has 0 N–H and O–H groups in total. The number of para-hydroxylation sites is 1. The largest absolute Gasteiger partial charge is 0.309 e. The summed E-state index contributed by atoms with van der Waals surface area (Å²) in [5.74, 6) is 0. The number of allylic oxidation sites excluding steroid dienone is 4. The van der Waals surface area contributed by atoms with E-state index in [1.807, 2.05) is 0 Å². The third kappa shape index (κ3) is 3.09. The Morgan fingerprint density at radius 3 is 2.26 bits per heavy atom. The summed E-state index contributed by atoms with van der Waals surface area (Å²) in [6.07, 6.45) is 8.93. The first-order valence-electron chi connectivity index (χ1n) is 15.1. The van der Waals surface area contributed by atoms with Gasteiger partial charge < -0.3 is 4.57 Å². The van der Waals surface area contributed by atoms with E-state index in [0.717, 1.165) is 12.8 Å². The molecule has 1 heterocycles. The molecule has 42 heavy (non-hydrogen) atoms. The Balaban J connectivity index is 1.56. The number of rotatable bonds is 2. The van der Waals surface area contributed by atoms with Gasteiger partial charge in [0.2, 0.25) is 0 Å². The monoisotopic (exact) mass is 537 g/mol. The highest BCUT2D eigenvalue weighted by atomic mass is 15.0. The van der Waals surface area contributed by atoms with Gasteiger partial charge in [0.25, 0.3) is 0 Å². The van der Waals surface area contributed by atoms with Gasteiger partial charge in [-0.3, -0.25) is 0 Å². The maximum atomic E-state index is 2.55. The predicted octanol–water partition coefficient (Wildman–Crippen LogP) is 11.1. The van der Waals surface area contributed by atoms with Crippen molar-refractivity contribution in [3.05, 3.63) is 144 Å². The van der Waals surface area contributed by atoms with Crippen LogP contribution in [0.2, 0.25) is 0 Å². The Morgan fingerprint density at radius 1 is 0.619 bits per heavy atom. The van der Waals surface area contributed by atoms with Crippen molar-refractivity contribution in [3.63, 3.8) is 0 Å². The van der Waals surface area contributed by atoms with E-state index in [4.69, 9.17) is 0 Å². The Bertz CT molecular complexity index is 2320. The van der Waals surface area contributed by atoms with Gasteiger partial charge in [0.05, 0.1) is 16.7 Å². The van der Waals surface area contributed by atoms with E-state index in [0.29, 0.717) is 0 Å². The molecule has 0 aliphatic heterocycles. The molecular formula is C41H31N. The molecule has 0 bridgehead atoms. The number of benzene rings is 6. The molecular weight excluding hydrogens is 506 g/mol. The fourth-order valence-electron chi connectivity index (χ4n) is 7.92. The summed E-state index contributed by atoms with van der Waals surface area (Å²) >= 11 is 0. The molecule has 9 rings (SSSR count). The van der Waals surface area contributed by atoms with Gasteiger partial charge in [-0.25, -0.2) is 0 Å². The van der Waals surface area contributed by atoms with Gasteiger partial charge in [-0.2, -0.15) is 0 Å². The van der Waals surface area contributed by atoms with Crippen LogP contribution >= 0.6 is 0 Å². The third-order valence-corrected chi connectivity index (χ3v) is 9.83. The zero-order valence-electron chi connectivity index (χ0n) is 24.0. The Morgan fingerprint density at radius 2 is 1.38 bits per heavy atom. The molecule has 1 heteroatoms. The van der Waals surface area contributed by atoms with Gasteiger partial charge in [0.1, 0.15) is 0 Å². The van der Waals surface area contributed by atoms with Gasteiger partial charge in [-0.1, -0.05) is 123 Å². The second-order valence-electron chi connectivity index (χ2n) is 12.4. The fourth-order valence-corrected chi connectivity index (χ4v) is 7.92. The minimum Gasteiger partial charge on any atom is -0.309 e. The molecule has 0 amide bonds. The SMILES string of the molecule is CC1(C)c2ccccc2-c2c3c1cccc3cc1c2c2c3ccccc3ccc2n1-c1ccccc1C1=CC=CCC1. The van der Waals surface area contributed by atoms with Crippen LogP contribution in [0.1, 0.15) is 43.4 Å². The summed E-state index contributed by atoms with van der Waals surface area (Å²) < 4.78 is 2.55. The molecule has 0 saturated heterocycles. The Kier molecular flexibility index (Phi) is 4.85. The smallest absolute Gasteiger partial charge is 0.0554 e. The van der Waals surface area contributed by atoms with Crippen LogP contribution in [0.3, 0.4) is 0 Å².